The molecule has 2 fully saturated rings. The highest BCUT2D eigenvalue weighted by molar-refractivity contribution is 6.37. The van der Waals surface area contributed by atoms with Crippen LogP contribution in [-0.4, -0.2) is 61.8 Å². The second-order valence-corrected chi connectivity index (χ2v) is 10.3. The molecule has 1 saturated carbocycles. The lowest BCUT2D eigenvalue weighted by atomic mass is 9.62. The lowest BCUT2D eigenvalue weighted by Crippen LogP contribution is -2.60. The van der Waals surface area contributed by atoms with Crippen molar-refractivity contribution in [2.75, 3.05) is 6.61 Å². The summed E-state index contributed by atoms with van der Waals surface area (Å²) in [7, 11) is 1.73. The molecule has 0 bridgehead atoms. The highest BCUT2D eigenvalue weighted by Gasteiger charge is 2.53. The SMILES string of the molecule is C[C@H]1[C@@H]2CCC[C@H](C(O)C(F)(F)F)[C@H]2C[C@H](CO)N1C(=O)Cc1c(Cl)ccc2c1c(Cl)nn2C. The van der Waals surface area contributed by atoms with Crippen molar-refractivity contribution in [3.8, 4) is 0 Å². The molecule has 1 unspecified atom stereocenters. The molecule has 11 heteroatoms. The first kappa shape index (κ1) is 25.5. The molecule has 1 aliphatic heterocycles. The Labute approximate surface area is 205 Å². The Morgan fingerprint density at radius 3 is 2.62 bits per heavy atom. The minimum absolute atomic E-state index is 0.0750. The van der Waals surface area contributed by atoms with Gasteiger partial charge in [0.05, 0.1) is 24.6 Å². The van der Waals surface area contributed by atoms with Crippen LogP contribution >= 0.6 is 23.2 Å². The molecule has 1 aliphatic carbocycles. The van der Waals surface area contributed by atoms with E-state index < -0.39 is 36.2 Å². The monoisotopic (exact) mass is 521 g/mol. The maximum Gasteiger partial charge on any atom is 0.414 e. The number of rotatable bonds is 4. The van der Waals surface area contributed by atoms with Crippen LogP contribution in [0.15, 0.2) is 12.1 Å². The van der Waals surface area contributed by atoms with Crippen LogP contribution in [0.4, 0.5) is 13.2 Å². The number of piperidine rings is 1. The molecule has 1 amide bonds. The zero-order valence-electron chi connectivity index (χ0n) is 18.9. The van der Waals surface area contributed by atoms with E-state index in [1.165, 1.54) is 0 Å². The number of halogens is 5. The van der Waals surface area contributed by atoms with E-state index in [4.69, 9.17) is 23.2 Å². The molecule has 2 aromatic rings. The minimum Gasteiger partial charge on any atom is -0.394 e. The molecule has 34 heavy (non-hydrogen) atoms. The quantitative estimate of drug-likeness (QED) is 0.626. The van der Waals surface area contributed by atoms with Crippen LogP contribution < -0.4 is 0 Å². The molecule has 188 valence electrons. The molecule has 1 aromatic heterocycles. The van der Waals surface area contributed by atoms with Crippen molar-refractivity contribution in [2.45, 2.75) is 63.4 Å². The summed E-state index contributed by atoms with van der Waals surface area (Å²) < 4.78 is 41.6. The number of alkyl halides is 3. The van der Waals surface area contributed by atoms with Gasteiger partial charge in [0.1, 0.15) is 0 Å². The summed E-state index contributed by atoms with van der Waals surface area (Å²) in [6.45, 7) is 1.44. The van der Waals surface area contributed by atoms with Crippen LogP contribution in [0.2, 0.25) is 10.2 Å². The standard InChI is InChI=1S/C23H28Cl2F3N3O3/c1-11-13-4-3-5-14(21(34)23(26,27)28)15(13)8-12(10-32)31(11)19(33)9-16-17(24)6-7-18-20(16)22(25)29-30(18)2/h6-7,11-15,21,32,34H,3-5,8-10H2,1-2H3/t11-,12+,13-,14-,15-,21?/m0/s1. The Bertz CT molecular complexity index is 1080. The number of carbonyl (C=O) groups is 1. The number of fused-ring (bicyclic) bond motifs is 2. The van der Waals surface area contributed by atoms with Gasteiger partial charge in [-0.05, 0) is 61.6 Å². The first-order valence-corrected chi connectivity index (χ1v) is 12.2. The lowest BCUT2D eigenvalue weighted by molar-refractivity contribution is -0.234. The van der Waals surface area contributed by atoms with E-state index in [0.29, 0.717) is 28.8 Å². The van der Waals surface area contributed by atoms with Crippen LogP contribution in [-0.2, 0) is 18.3 Å². The molecule has 2 N–H and O–H groups in total. The molecule has 1 saturated heterocycles. The van der Waals surface area contributed by atoms with E-state index in [-0.39, 0.29) is 42.8 Å². The number of aliphatic hydroxyl groups is 2. The Hall–Kier alpha value is -1.55. The fourth-order valence-electron chi connectivity index (χ4n) is 6.24. The normalized spacial score (nSPS) is 28.7. The second kappa shape index (κ2) is 9.48. The van der Waals surface area contributed by atoms with Crippen molar-refractivity contribution < 1.29 is 28.2 Å². The van der Waals surface area contributed by atoms with Crippen LogP contribution in [0.1, 0.15) is 38.2 Å². The summed E-state index contributed by atoms with van der Waals surface area (Å²) >= 11 is 12.7. The summed E-state index contributed by atoms with van der Waals surface area (Å²) in [4.78, 5) is 15.2. The fourth-order valence-corrected chi connectivity index (χ4v) is 6.79. The molecule has 2 aliphatic rings. The van der Waals surface area contributed by atoms with Gasteiger partial charge in [-0.3, -0.25) is 9.48 Å². The number of hydrogen-bond acceptors (Lipinski definition) is 4. The Morgan fingerprint density at radius 2 is 1.97 bits per heavy atom. The van der Waals surface area contributed by atoms with Crippen molar-refractivity contribution in [2.24, 2.45) is 24.8 Å². The van der Waals surface area contributed by atoms with Gasteiger partial charge in [0.15, 0.2) is 11.3 Å². The molecule has 0 spiro atoms. The third kappa shape index (κ3) is 4.40. The van der Waals surface area contributed by atoms with Gasteiger partial charge in [-0.15, -0.1) is 0 Å². The van der Waals surface area contributed by atoms with Crippen LogP contribution in [0, 0.1) is 17.8 Å². The van der Waals surface area contributed by atoms with E-state index in [1.807, 2.05) is 6.92 Å². The Kier molecular flexibility index (Phi) is 7.12. The summed E-state index contributed by atoms with van der Waals surface area (Å²) in [5.74, 6) is -1.85. The summed E-state index contributed by atoms with van der Waals surface area (Å²) in [5.41, 5.74) is 1.25. The number of hydrogen-bond donors (Lipinski definition) is 2. The highest BCUT2D eigenvalue weighted by Crippen LogP contribution is 2.48. The first-order chi connectivity index (χ1) is 16.0. The largest absolute Gasteiger partial charge is 0.414 e. The number of aromatic nitrogens is 2. The number of nitrogens with zero attached hydrogens (tertiary/aromatic N) is 3. The number of carbonyl (C=O) groups excluding carboxylic acids is 1. The van der Waals surface area contributed by atoms with Gasteiger partial charge in [-0.25, -0.2) is 0 Å². The maximum absolute atomic E-state index is 13.6. The van der Waals surface area contributed by atoms with Gasteiger partial charge >= 0.3 is 6.18 Å². The van der Waals surface area contributed by atoms with Crippen LogP contribution in [0.5, 0.6) is 0 Å². The van der Waals surface area contributed by atoms with Gasteiger partial charge in [-0.1, -0.05) is 29.6 Å². The van der Waals surface area contributed by atoms with Gasteiger partial charge < -0.3 is 15.1 Å². The maximum atomic E-state index is 13.6. The number of likely N-dealkylation sites (tertiary alicyclic amines) is 1. The number of aliphatic hydroxyl groups excluding tert-OH is 2. The van der Waals surface area contributed by atoms with E-state index in [2.05, 4.69) is 5.10 Å². The molecule has 6 atom stereocenters. The summed E-state index contributed by atoms with van der Waals surface area (Å²) in [6, 6.07) is 2.40. The Morgan fingerprint density at radius 1 is 1.26 bits per heavy atom. The smallest absolute Gasteiger partial charge is 0.394 e. The molecule has 6 nitrogen and oxygen atoms in total. The highest BCUT2D eigenvalue weighted by atomic mass is 35.5. The Balaban J connectivity index is 1.63. The summed E-state index contributed by atoms with van der Waals surface area (Å²) in [6.07, 6.45) is -5.48. The fraction of sp³-hybridized carbons (Fsp3) is 0.652. The number of aryl methyl sites for hydroxylation is 1. The zero-order valence-corrected chi connectivity index (χ0v) is 20.4. The van der Waals surface area contributed by atoms with E-state index in [0.717, 1.165) is 5.52 Å². The van der Waals surface area contributed by atoms with Crippen molar-refractivity contribution in [3.63, 3.8) is 0 Å². The predicted molar refractivity (Wildman–Crippen MR) is 123 cm³/mol. The first-order valence-electron chi connectivity index (χ1n) is 11.4. The molecular formula is C23H28Cl2F3N3O3. The number of benzene rings is 1. The minimum atomic E-state index is -4.70. The van der Waals surface area contributed by atoms with Crippen LogP contribution in [0.25, 0.3) is 10.9 Å². The molecule has 0 radical (unpaired) electrons. The van der Waals surface area contributed by atoms with Gasteiger partial charge in [0.25, 0.3) is 0 Å². The topological polar surface area (TPSA) is 78.6 Å². The van der Waals surface area contributed by atoms with E-state index >= 15 is 0 Å². The predicted octanol–water partition coefficient (Wildman–Crippen LogP) is 4.36. The number of amides is 1. The van der Waals surface area contributed by atoms with Crippen molar-refractivity contribution >= 4 is 40.0 Å². The average Bonchev–Trinajstić information content (AvgIpc) is 3.07. The van der Waals surface area contributed by atoms with Crippen molar-refractivity contribution in [3.05, 3.63) is 27.9 Å². The van der Waals surface area contributed by atoms with Crippen molar-refractivity contribution in [1.29, 1.82) is 0 Å². The van der Waals surface area contributed by atoms with Gasteiger partial charge in [-0.2, -0.15) is 18.3 Å². The lowest BCUT2D eigenvalue weighted by Gasteiger charge is -2.53. The third-order valence-corrected chi connectivity index (χ3v) is 8.38. The summed E-state index contributed by atoms with van der Waals surface area (Å²) in [5, 5.41) is 25.5. The second-order valence-electron chi connectivity index (χ2n) is 9.53. The zero-order chi connectivity index (χ0) is 24.9. The third-order valence-electron chi connectivity index (χ3n) is 7.76. The molecule has 1 aromatic carbocycles. The van der Waals surface area contributed by atoms with E-state index in [9.17, 15) is 28.2 Å². The van der Waals surface area contributed by atoms with E-state index in [1.54, 1.807) is 28.8 Å². The molecular weight excluding hydrogens is 494 g/mol. The molecule has 4 rings (SSSR count). The average molecular weight is 522 g/mol. The van der Waals surface area contributed by atoms with Gasteiger partial charge in [0, 0.05) is 23.5 Å². The molecule has 2 heterocycles. The van der Waals surface area contributed by atoms with Crippen molar-refractivity contribution in [1.82, 2.24) is 14.7 Å². The van der Waals surface area contributed by atoms with Gasteiger partial charge in [0.2, 0.25) is 5.91 Å². The van der Waals surface area contributed by atoms with Crippen LogP contribution in [0.3, 0.4) is 0 Å².